The molecule has 5 rings (SSSR count). The molecule has 1 N–H and O–H groups in total. The Kier molecular flexibility index (Phi) is 5.05. The van der Waals surface area contributed by atoms with Crippen LogP contribution < -0.4 is 15.1 Å². The second kappa shape index (κ2) is 7.88. The minimum atomic E-state index is 0.524. The molecule has 2 atom stereocenters. The third kappa shape index (κ3) is 3.62. The topological polar surface area (TPSA) is 44.3 Å². The molecule has 2 aliphatic rings. The van der Waals surface area contributed by atoms with Crippen molar-refractivity contribution in [1.29, 1.82) is 0 Å². The Labute approximate surface area is 184 Å². The number of piperidine rings is 1. The Morgan fingerprint density at radius 2 is 2.03 bits per heavy atom. The number of rotatable bonds is 4. The molecule has 0 bridgehead atoms. The van der Waals surface area contributed by atoms with E-state index in [4.69, 9.17) is 4.98 Å². The standard InChI is InChI=1S/C26H31N5/c1-5-18-6-8-21-24(12-18)29-23(19-7-9-26(28-14-19)30(3)4)13-25(21)31-15-20-10-11-27-17(2)22(20)16-31/h6-9,12-14,20,22,27H,2,5,10-11,15-16H2,1,3-4H3. The molecule has 0 spiro atoms. The Balaban J connectivity index is 1.60. The monoisotopic (exact) mass is 413 g/mol. The van der Waals surface area contributed by atoms with Crippen molar-refractivity contribution in [2.24, 2.45) is 11.8 Å². The Bertz CT molecular complexity index is 1120. The predicted octanol–water partition coefficient (Wildman–Crippen LogP) is 4.48. The number of hydrogen-bond donors (Lipinski definition) is 1. The van der Waals surface area contributed by atoms with Gasteiger partial charge in [0.05, 0.1) is 11.2 Å². The lowest BCUT2D eigenvalue weighted by Gasteiger charge is -2.27. The first-order valence-electron chi connectivity index (χ1n) is 11.3. The highest BCUT2D eigenvalue weighted by molar-refractivity contribution is 5.95. The Morgan fingerprint density at radius 3 is 2.74 bits per heavy atom. The molecule has 2 saturated heterocycles. The zero-order valence-electron chi connectivity index (χ0n) is 18.7. The fourth-order valence-electron chi connectivity index (χ4n) is 4.99. The molecule has 5 heteroatoms. The molecule has 2 fully saturated rings. The van der Waals surface area contributed by atoms with Crippen LogP contribution in [0.1, 0.15) is 18.9 Å². The van der Waals surface area contributed by atoms with Crippen molar-refractivity contribution in [2.45, 2.75) is 19.8 Å². The van der Waals surface area contributed by atoms with Crippen molar-refractivity contribution in [2.75, 3.05) is 43.5 Å². The van der Waals surface area contributed by atoms with Crippen LogP contribution in [0, 0.1) is 11.8 Å². The van der Waals surface area contributed by atoms with Crippen LogP contribution in [0.5, 0.6) is 0 Å². The van der Waals surface area contributed by atoms with Gasteiger partial charge in [0.25, 0.3) is 0 Å². The average Bonchev–Trinajstić information content (AvgIpc) is 3.23. The maximum atomic E-state index is 5.06. The minimum absolute atomic E-state index is 0.524. The van der Waals surface area contributed by atoms with E-state index in [0.29, 0.717) is 11.8 Å². The second-order valence-corrected chi connectivity index (χ2v) is 9.04. The van der Waals surface area contributed by atoms with Crippen molar-refractivity contribution in [1.82, 2.24) is 15.3 Å². The number of benzene rings is 1. The van der Waals surface area contributed by atoms with Gasteiger partial charge in [0.15, 0.2) is 0 Å². The van der Waals surface area contributed by atoms with Crippen molar-refractivity contribution in [3.63, 3.8) is 0 Å². The number of pyridine rings is 2. The quantitative estimate of drug-likeness (QED) is 0.683. The fourth-order valence-corrected chi connectivity index (χ4v) is 4.99. The smallest absolute Gasteiger partial charge is 0.127 e. The van der Waals surface area contributed by atoms with Crippen molar-refractivity contribution < 1.29 is 0 Å². The number of hydrogen-bond acceptors (Lipinski definition) is 5. The lowest BCUT2D eigenvalue weighted by atomic mass is 9.87. The molecule has 160 valence electrons. The summed E-state index contributed by atoms with van der Waals surface area (Å²) in [6.07, 6.45) is 4.16. The number of aryl methyl sites for hydroxylation is 1. The molecule has 0 saturated carbocycles. The van der Waals surface area contributed by atoms with E-state index in [1.54, 1.807) is 0 Å². The summed E-state index contributed by atoms with van der Waals surface area (Å²) in [5.74, 6) is 2.15. The highest BCUT2D eigenvalue weighted by atomic mass is 15.2. The maximum Gasteiger partial charge on any atom is 0.127 e. The fraction of sp³-hybridized carbons (Fsp3) is 0.385. The molecule has 0 radical (unpaired) electrons. The van der Waals surface area contributed by atoms with Gasteiger partial charge in [0.2, 0.25) is 0 Å². The summed E-state index contributed by atoms with van der Waals surface area (Å²) in [6, 6.07) is 13.2. The van der Waals surface area contributed by atoms with Gasteiger partial charge in [-0.3, -0.25) is 0 Å². The van der Waals surface area contributed by atoms with Gasteiger partial charge in [-0.2, -0.15) is 0 Å². The number of aromatic nitrogens is 2. The summed E-state index contributed by atoms with van der Waals surface area (Å²) in [6.45, 7) is 9.63. The zero-order chi connectivity index (χ0) is 21.5. The number of nitrogens with one attached hydrogen (secondary N) is 1. The molecule has 4 heterocycles. The van der Waals surface area contributed by atoms with Crippen LogP contribution in [0.25, 0.3) is 22.2 Å². The number of anilines is 2. The highest BCUT2D eigenvalue weighted by Gasteiger charge is 2.37. The first-order valence-corrected chi connectivity index (χ1v) is 11.3. The van der Waals surface area contributed by atoms with E-state index < -0.39 is 0 Å². The molecular weight excluding hydrogens is 382 g/mol. The van der Waals surface area contributed by atoms with Crippen molar-refractivity contribution in [3.8, 4) is 11.3 Å². The van der Waals surface area contributed by atoms with Gasteiger partial charge in [-0.15, -0.1) is 0 Å². The van der Waals surface area contributed by atoms with Gasteiger partial charge in [0, 0.05) is 68.2 Å². The highest BCUT2D eigenvalue weighted by Crippen LogP contribution is 2.39. The summed E-state index contributed by atoms with van der Waals surface area (Å²) in [7, 11) is 4.02. The first-order chi connectivity index (χ1) is 15.0. The molecular formula is C26H31N5. The second-order valence-electron chi connectivity index (χ2n) is 9.04. The summed E-state index contributed by atoms with van der Waals surface area (Å²) in [5.41, 5.74) is 6.90. The molecule has 0 aliphatic carbocycles. The molecule has 31 heavy (non-hydrogen) atoms. The molecule has 1 aromatic carbocycles. The molecule has 5 nitrogen and oxygen atoms in total. The molecule has 0 amide bonds. The van der Waals surface area contributed by atoms with Crippen LogP contribution in [0.4, 0.5) is 11.5 Å². The average molecular weight is 414 g/mol. The minimum Gasteiger partial charge on any atom is -0.389 e. The zero-order valence-corrected chi connectivity index (χ0v) is 18.7. The molecule has 3 aromatic rings. The summed E-state index contributed by atoms with van der Waals surface area (Å²) >= 11 is 0. The van der Waals surface area contributed by atoms with Gasteiger partial charge in [-0.25, -0.2) is 9.97 Å². The van der Waals surface area contributed by atoms with E-state index in [9.17, 15) is 0 Å². The Hall–Kier alpha value is -3.08. The molecule has 2 aliphatic heterocycles. The summed E-state index contributed by atoms with van der Waals surface area (Å²) in [4.78, 5) is 14.2. The van der Waals surface area contributed by atoms with Gasteiger partial charge in [-0.05, 0) is 48.6 Å². The maximum absolute atomic E-state index is 5.06. The van der Waals surface area contributed by atoms with Crippen molar-refractivity contribution >= 4 is 22.4 Å². The van der Waals surface area contributed by atoms with Gasteiger partial charge in [0.1, 0.15) is 5.82 Å². The number of nitrogens with zero attached hydrogens (tertiary/aromatic N) is 4. The van der Waals surface area contributed by atoms with Crippen molar-refractivity contribution in [3.05, 3.63) is 60.4 Å². The van der Waals surface area contributed by atoms with Gasteiger partial charge >= 0.3 is 0 Å². The first kappa shape index (κ1) is 19.9. The van der Waals surface area contributed by atoms with Crippen LogP contribution >= 0.6 is 0 Å². The Morgan fingerprint density at radius 1 is 1.16 bits per heavy atom. The third-order valence-electron chi connectivity index (χ3n) is 6.86. The summed E-state index contributed by atoms with van der Waals surface area (Å²) < 4.78 is 0. The van der Waals surface area contributed by atoms with E-state index in [1.807, 2.05) is 25.2 Å². The SMILES string of the molecule is C=C1NCCC2CN(c3cc(-c4ccc(N(C)C)nc4)nc4cc(CC)ccc34)CC12. The predicted molar refractivity (Wildman–Crippen MR) is 130 cm³/mol. The van der Waals surface area contributed by atoms with E-state index in [1.165, 1.54) is 28.8 Å². The van der Waals surface area contributed by atoms with Crippen LogP contribution in [0.3, 0.4) is 0 Å². The van der Waals surface area contributed by atoms with Crippen LogP contribution in [-0.2, 0) is 6.42 Å². The van der Waals surface area contributed by atoms with E-state index in [0.717, 1.165) is 48.6 Å². The third-order valence-corrected chi connectivity index (χ3v) is 6.86. The molecule has 2 unspecified atom stereocenters. The normalized spacial score (nSPS) is 20.6. The van der Waals surface area contributed by atoms with E-state index in [-0.39, 0.29) is 0 Å². The van der Waals surface area contributed by atoms with Crippen LogP contribution in [0.15, 0.2) is 54.9 Å². The van der Waals surface area contributed by atoms with Gasteiger partial charge in [-0.1, -0.05) is 25.6 Å². The van der Waals surface area contributed by atoms with Crippen LogP contribution in [-0.4, -0.2) is 43.7 Å². The summed E-state index contributed by atoms with van der Waals surface area (Å²) in [5, 5.41) is 4.72. The lowest BCUT2D eigenvalue weighted by Crippen LogP contribution is -2.33. The largest absolute Gasteiger partial charge is 0.389 e. The number of fused-ring (bicyclic) bond motifs is 2. The van der Waals surface area contributed by atoms with E-state index >= 15 is 0 Å². The lowest BCUT2D eigenvalue weighted by molar-refractivity contribution is 0.372. The van der Waals surface area contributed by atoms with Gasteiger partial charge < -0.3 is 15.1 Å². The van der Waals surface area contributed by atoms with Crippen LogP contribution in [0.2, 0.25) is 0 Å². The molecule has 2 aromatic heterocycles. The van der Waals surface area contributed by atoms with E-state index in [2.05, 4.69) is 65.1 Å².